The number of aromatic nitrogens is 1. The number of pyridine rings is 1. The highest BCUT2D eigenvalue weighted by atomic mass is 16.5. The molecule has 0 fully saturated rings. The average Bonchev–Trinajstić information content (AvgIpc) is 2.79. The zero-order valence-electron chi connectivity index (χ0n) is 16.6. The lowest BCUT2D eigenvalue weighted by Gasteiger charge is -2.36. The highest BCUT2D eigenvalue weighted by molar-refractivity contribution is 6.04. The molecule has 7 nitrogen and oxygen atoms in total. The maximum Gasteiger partial charge on any atom is 0.337 e. The summed E-state index contributed by atoms with van der Waals surface area (Å²) in [6, 6.07) is 20.3. The lowest BCUT2D eigenvalue weighted by Crippen LogP contribution is -2.46. The van der Waals surface area contributed by atoms with Gasteiger partial charge in [0.1, 0.15) is 0 Å². The predicted molar refractivity (Wildman–Crippen MR) is 116 cm³/mol. The third kappa shape index (κ3) is 4.10. The van der Waals surface area contributed by atoms with E-state index in [9.17, 15) is 9.59 Å². The molecule has 2 heterocycles. The summed E-state index contributed by atoms with van der Waals surface area (Å²) in [6.45, 7) is 1.91. The number of esters is 1. The van der Waals surface area contributed by atoms with Crippen LogP contribution < -0.4 is 15.1 Å². The largest absolute Gasteiger partial charge is 0.465 e. The van der Waals surface area contributed by atoms with E-state index in [2.05, 4.69) is 27.3 Å². The highest BCUT2D eigenvalue weighted by Crippen LogP contribution is 2.32. The number of carbonyl (C=O) groups excluding carboxylic acids is 2. The molecule has 1 aliphatic heterocycles. The molecule has 2 amide bonds. The normalized spacial score (nSPS) is 12.8. The Bertz CT molecular complexity index is 1060. The van der Waals surface area contributed by atoms with E-state index >= 15 is 0 Å². The van der Waals surface area contributed by atoms with Crippen LogP contribution in [0.4, 0.5) is 22.0 Å². The first kappa shape index (κ1) is 19.4. The number of ether oxygens (including phenoxy) is 1. The second-order valence-electron chi connectivity index (χ2n) is 6.91. The zero-order valence-corrected chi connectivity index (χ0v) is 16.6. The van der Waals surface area contributed by atoms with Crippen LogP contribution in [0, 0.1) is 0 Å². The maximum atomic E-state index is 13.0. The Morgan fingerprint density at radius 2 is 1.87 bits per heavy atom. The molecule has 0 saturated heterocycles. The summed E-state index contributed by atoms with van der Waals surface area (Å²) in [5.74, 6) is 0.321. The molecule has 4 rings (SSSR count). The number of nitrogens with one attached hydrogen (secondary N) is 1. The quantitative estimate of drug-likeness (QED) is 0.670. The van der Waals surface area contributed by atoms with E-state index in [0.29, 0.717) is 24.3 Å². The molecule has 0 unspecified atom stereocenters. The molecule has 30 heavy (non-hydrogen) atoms. The number of benzene rings is 2. The number of hydrogen-bond donors (Lipinski definition) is 1. The van der Waals surface area contributed by atoms with Crippen LogP contribution in [0.25, 0.3) is 0 Å². The lowest BCUT2D eigenvalue weighted by molar-refractivity contribution is 0.0600. The van der Waals surface area contributed by atoms with Crippen LogP contribution in [0.3, 0.4) is 0 Å². The molecule has 0 aliphatic carbocycles. The van der Waals surface area contributed by atoms with Crippen molar-refractivity contribution >= 4 is 29.2 Å². The third-order valence-corrected chi connectivity index (χ3v) is 4.95. The Morgan fingerprint density at radius 3 is 2.67 bits per heavy atom. The predicted octanol–water partition coefficient (Wildman–Crippen LogP) is 3.93. The fourth-order valence-corrected chi connectivity index (χ4v) is 3.49. The van der Waals surface area contributed by atoms with Gasteiger partial charge in [-0.3, -0.25) is 4.90 Å². The van der Waals surface area contributed by atoms with Crippen molar-refractivity contribution in [3.8, 4) is 0 Å². The van der Waals surface area contributed by atoms with Crippen LogP contribution >= 0.6 is 0 Å². The number of hydrogen-bond acceptors (Lipinski definition) is 5. The molecule has 1 aliphatic rings. The molecule has 0 atom stereocenters. The van der Waals surface area contributed by atoms with Gasteiger partial charge in [0.15, 0.2) is 5.82 Å². The van der Waals surface area contributed by atoms with Crippen LogP contribution in [0.2, 0.25) is 0 Å². The molecule has 3 aromatic rings. The van der Waals surface area contributed by atoms with Crippen LogP contribution in [0.5, 0.6) is 0 Å². The topological polar surface area (TPSA) is 74.8 Å². The van der Waals surface area contributed by atoms with Gasteiger partial charge >= 0.3 is 12.0 Å². The van der Waals surface area contributed by atoms with Gasteiger partial charge in [0.05, 0.1) is 18.4 Å². The lowest BCUT2D eigenvalue weighted by atomic mass is 10.1. The number of methoxy groups -OCH3 is 1. The van der Waals surface area contributed by atoms with Crippen LogP contribution in [0.1, 0.15) is 15.9 Å². The number of urea groups is 1. The van der Waals surface area contributed by atoms with Gasteiger partial charge in [-0.1, -0.05) is 36.4 Å². The fraction of sp³-hybridized carbons (Fsp3) is 0.174. The van der Waals surface area contributed by atoms with E-state index in [1.54, 1.807) is 35.4 Å². The van der Waals surface area contributed by atoms with Gasteiger partial charge < -0.3 is 15.0 Å². The van der Waals surface area contributed by atoms with Gasteiger partial charge in [-0.25, -0.2) is 14.6 Å². The smallest absolute Gasteiger partial charge is 0.337 e. The minimum Gasteiger partial charge on any atom is -0.465 e. The van der Waals surface area contributed by atoms with Crippen molar-refractivity contribution in [3.63, 3.8) is 0 Å². The molecule has 152 valence electrons. The summed E-state index contributed by atoms with van der Waals surface area (Å²) in [6.07, 6.45) is 1.73. The van der Waals surface area contributed by atoms with Crippen molar-refractivity contribution < 1.29 is 14.3 Å². The first-order chi connectivity index (χ1) is 14.7. The standard InChI is InChI=1S/C23H22N4O3/c1-30-22(28)18-9-5-10-19(15-18)25-23(29)27-14-13-26(16-17-7-3-2-4-8-17)21-20(27)11-6-12-24-21/h2-12,15H,13-14,16H2,1H3,(H,25,29). The summed E-state index contributed by atoms with van der Waals surface area (Å²) in [5, 5.41) is 2.87. The van der Waals surface area contributed by atoms with E-state index in [1.807, 2.05) is 30.3 Å². The van der Waals surface area contributed by atoms with Crippen LogP contribution in [0.15, 0.2) is 72.9 Å². The maximum absolute atomic E-state index is 13.0. The number of carbonyl (C=O) groups is 2. The fourth-order valence-electron chi connectivity index (χ4n) is 3.49. The molecular weight excluding hydrogens is 380 g/mol. The van der Waals surface area contributed by atoms with Gasteiger partial charge in [0.2, 0.25) is 0 Å². The SMILES string of the molecule is COC(=O)c1cccc(NC(=O)N2CCN(Cc3ccccc3)c3ncccc32)c1. The van der Waals surface area contributed by atoms with E-state index in [1.165, 1.54) is 12.7 Å². The minimum absolute atomic E-state index is 0.273. The number of fused-ring (bicyclic) bond motifs is 1. The Morgan fingerprint density at radius 1 is 1.03 bits per heavy atom. The summed E-state index contributed by atoms with van der Waals surface area (Å²) in [7, 11) is 1.33. The zero-order chi connectivity index (χ0) is 20.9. The Labute approximate surface area is 174 Å². The van der Waals surface area contributed by atoms with Crippen LogP contribution in [-0.4, -0.2) is 37.2 Å². The van der Waals surface area contributed by atoms with Gasteiger partial charge in [-0.15, -0.1) is 0 Å². The summed E-state index contributed by atoms with van der Waals surface area (Å²) in [5.41, 5.74) is 2.85. The summed E-state index contributed by atoms with van der Waals surface area (Å²) >= 11 is 0. The van der Waals surface area contributed by atoms with E-state index in [4.69, 9.17) is 4.74 Å². The first-order valence-electron chi connectivity index (χ1n) is 9.66. The molecule has 2 aromatic carbocycles. The Balaban J connectivity index is 1.54. The minimum atomic E-state index is -0.449. The number of amides is 2. The summed E-state index contributed by atoms with van der Waals surface area (Å²) in [4.78, 5) is 33.1. The van der Waals surface area contributed by atoms with Gasteiger partial charge in [0, 0.05) is 31.5 Å². The number of anilines is 3. The van der Waals surface area contributed by atoms with Crippen molar-refractivity contribution in [3.05, 3.63) is 84.1 Å². The van der Waals surface area contributed by atoms with Crippen molar-refractivity contribution in [2.45, 2.75) is 6.54 Å². The molecule has 0 radical (unpaired) electrons. The van der Waals surface area contributed by atoms with E-state index < -0.39 is 5.97 Å². The van der Waals surface area contributed by atoms with E-state index in [-0.39, 0.29) is 6.03 Å². The molecular formula is C23H22N4O3. The Kier molecular flexibility index (Phi) is 5.61. The van der Waals surface area contributed by atoms with Gasteiger partial charge in [-0.2, -0.15) is 0 Å². The molecule has 0 bridgehead atoms. The second kappa shape index (κ2) is 8.65. The van der Waals surface area contributed by atoms with E-state index in [0.717, 1.165) is 18.1 Å². The van der Waals surface area contributed by atoms with Gasteiger partial charge in [-0.05, 0) is 35.9 Å². The van der Waals surface area contributed by atoms with Crippen molar-refractivity contribution in [1.29, 1.82) is 0 Å². The molecule has 0 spiro atoms. The van der Waals surface area contributed by atoms with Gasteiger partial charge in [0.25, 0.3) is 0 Å². The first-order valence-corrected chi connectivity index (χ1v) is 9.66. The van der Waals surface area contributed by atoms with Crippen LogP contribution in [-0.2, 0) is 11.3 Å². The highest BCUT2D eigenvalue weighted by Gasteiger charge is 2.28. The number of nitrogens with zero attached hydrogens (tertiary/aromatic N) is 3. The molecule has 1 N–H and O–H groups in total. The van der Waals surface area contributed by atoms with Crippen molar-refractivity contribution in [2.24, 2.45) is 0 Å². The molecule has 7 heteroatoms. The number of rotatable bonds is 4. The average molecular weight is 402 g/mol. The van der Waals surface area contributed by atoms with Crippen molar-refractivity contribution in [1.82, 2.24) is 4.98 Å². The third-order valence-electron chi connectivity index (χ3n) is 4.95. The monoisotopic (exact) mass is 402 g/mol. The summed E-state index contributed by atoms with van der Waals surface area (Å²) < 4.78 is 4.74. The molecule has 0 saturated carbocycles. The second-order valence-corrected chi connectivity index (χ2v) is 6.91. The molecule has 1 aromatic heterocycles. The Hall–Kier alpha value is -3.87. The van der Waals surface area contributed by atoms with Crippen molar-refractivity contribution in [2.75, 3.05) is 35.3 Å².